The molecule has 0 saturated heterocycles. The minimum Gasteiger partial charge on any atom is -0.349 e. The van der Waals surface area contributed by atoms with Gasteiger partial charge in [-0.15, -0.1) is 0 Å². The third-order valence-electron chi connectivity index (χ3n) is 3.90. The zero-order valence-corrected chi connectivity index (χ0v) is 16.6. The molecule has 1 amide bonds. The first-order valence-corrected chi connectivity index (χ1v) is 9.20. The number of likely N-dealkylation sites (N-methyl/N-ethyl adjacent to an activating group) is 1. The Kier molecular flexibility index (Phi) is 6.16. The standard InChI is InChI=1S/C20H20Cl2N4O/c1-25(2)13-20(27)23-12-17-11-19(14-3-5-15(21)6-4-14)26(24-17)18-9-7-16(22)8-10-18/h3-11H,12-13H2,1-2H3,(H,23,27). The van der Waals surface area contributed by atoms with Gasteiger partial charge in [0.2, 0.25) is 5.91 Å². The fourth-order valence-corrected chi connectivity index (χ4v) is 2.91. The van der Waals surface area contributed by atoms with Crippen molar-refractivity contribution in [1.29, 1.82) is 0 Å². The van der Waals surface area contributed by atoms with Crippen molar-refractivity contribution in [2.45, 2.75) is 6.54 Å². The van der Waals surface area contributed by atoms with Crippen molar-refractivity contribution in [3.05, 3.63) is 70.3 Å². The highest BCUT2D eigenvalue weighted by molar-refractivity contribution is 6.30. The minimum absolute atomic E-state index is 0.0471. The van der Waals surface area contributed by atoms with Crippen molar-refractivity contribution in [3.8, 4) is 16.9 Å². The molecule has 0 aliphatic rings. The normalized spacial score (nSPS) is 11.0. The number of hydrogen-bond acceptors (Lipinski definition) is 3. The van der Waals surface area contributed by atoms with Gasteiger partial charge in [0.1, 0.15) is 0 Å². The molecule has 0 spiro atoms. The molecule has 1 N–H and O–H groups in total. The number of carbonyl (C=O) groups is 1. The highest BCUT2D eigenvalue weighted by atomic mass is 35.5. The molecule has 0 radical (unpaired) electrons. The average molecular weight is 403 g/mol. The zero-order valence-electron chi connectivity index (χ0n) is 15.1. The van der Waals surface area contributed by atoms with E-state index in [1.54, 1.807) is 0 Å². The van der Waals surface area contributed by atoms with Crippen LogP contribution in [0, 0.1) is 0 Å². The third-order valence-corrected chi connectivity index (χ3v) is 4.40. The van der Waals surface area contributed by atoms with E-state index in [2.05, 4.69) is 10.4 Å². The number of halogens is 2. The Bertz CT molecular complexity index is 855. The van der Waals surface area contributed by atoms with E-state index in [4.69, 9.17) is 23.2 Å². The monoisotopic (exact) mass is 402 g/mol. The van der Waals surface area contributed by atoms with Crippen molar-refractivity contribution in [3.63, 3.8) is 0 Å². The lowest BCUT2D eigenvalue weighted by molar-refractivity contribution is -0.121. The third kappa shape index (κ3) is 5.10. The van der Waals surface area contributed by atoms with Gasteiger partial charge < -0.3 is 10.2 Å². The molecule has 2 aromatic carbocycles. The van der Waals surface area contributed by atoms with Crippen LogP contribution in [-0.2, 0) is 11.3 Å². The lowest BCUT2D eigenvalue weighted by Crippen LogP contribution is -2.32. The summed E-state index contributed by atoms with van der Waals surface area (Å²) >= 11 is 12.0. The van der Waals surface area contributed by atoms with Gasteiger partial charge in [0.25, 0.3) is 0 Å². The summed E-state index contributed by atoms with van der Waals surface area (Å²) in [6.45, 7) is 0.690. The van der Waals surface area contributed by atoms with Gasteiger partial charge in [-0.25, -0.2) is 4.68 Å². The Morgan fingerprint density at radius 3 is 2.22 bits per heavy atom. The van der Waals surface area contributed by atoms with E-state index in [1.807, 2.05) is 78.3 Å². The summed E-state index contributed by atoms with van der Waals surface area (Å²) in [5.41, 5.74) is 3.54. The highest BCUT2D eigenvalue weighted by Gasteiger charge is 2.13. The van der Waals surface area contributed by atoms with Crippen LogP contribution in [0.25, 0.3) is 16.9 Å². The molecule has 140 valence electrons. The molecule has 1 aromatic heterocycles. The first-order chi connectivity index (χ1) is 12.9. The van der Waals surface area contributed by atoms with Crippen molar-refractivity contribution in [1.82, 2.24) is 20.0 Å². The van der Waals surface area contributed by atoms with Crippen LogP contribution >= 0.6 is 23.2 Å². The Balaban J connectivity index is 1.92. The molecular formula is C20H20Cl2N4O. The lowest BCUT2D eigenvalue weighted by Gasteiger charge is -2.09. The van der Waals surface area contributed by atoms with E-state index in [0.717, 1.165) is 22.6 Å². The van der Waals surface area contributed by atoms with Crippen molar-refractivity contribution < 1.29 is 4.79 Å². The second-order valence-corrected chi connectivity index (χ2v) is 7.30. The molecule has 5 nitrogen and oxygen atoms in total. The SMILES string of the molecule is CN(C)CC(=O)NCc1cc(-c2ccc(Cl)cc2)n(-c2ccc(Cl)cc2)n1. The van der Waals surface area contributed by atoms with Crippen LogP contribution < -0.4 is 5.32 Å². The summed E-state index contributed by atoms with van der Waals surface area (Å²) in [6, 6.07) is 17.0. The van der Waals surface area contributed by atoms with Gasteiger partial charge in [-0.3, -0.25) is 4.79 Å². The summed E-state index contributed by atoms with van der Waals surface area (Å²) in [4.78, 5) is 13.7. The maximum Gasteiger partial charge on any atom is 0.234 e. The number of nitrogens with zero attached hydrogens (tertiary/aromatic N) is 3. The highest BCUT2D eigenvalue weighted by Crippen LogP contribution is 2.26. The van der Waals surface area contributed by atoms with Crippen molar-refractivity contribution in [2.24, 2.45) is 0 Å². The van der Waals surface area contributed by atoms with Crippen LogP contribution in [0.2, 0.25) is 10.0 Å². The van der Waals surface area contributed by atoms with Gasteiger partial charge in [0.15, 0.2) is 0 Å². The molecule has 0 atom stereocenters. The summed E-state index contributed by atoms with van der Waals surface area (Å²) < 4.78 is 1.84. The Hall–Kier alpha value is -2.34. The average Bonchev–Trinajstić information content (AvgIpc) is 3.05. The molecule has 7 heteroatoms. The number of carbonyl (C=O) groups excluding carboxylic acids is 1. The van der Waals surface area contributed by atoms with Crippen LogP contribution in [0.3, 0.4) is 0 Å². The first-order valence-electron chi connectivity index (χ1n) is 8.44. The fourth-order valence-electron chi connectivity index (χ4n) is 2.65. The molecule has 0 saturated carbocycles. The van der Waals surface area contributed by atoms with Gasteiger partial charge in [-0.1, -0.05) is 35.3 Å². The van der Waals surface area contributed by atoms with Gasteiger partial charge >= 0.3 is 0 Å². The fraction of sp³-hybridized carbons (Fsp3) is 0.200. The number of hydrogen-bond donors (Lipinski definition) is 1. The summed E-state index contributed by atoms with van der Waals surface area (Å²) in [5, 5.41) is 8.90. The van der Waals surface area contributed by atoms with Crippen molar-refractivity contribution >= 4 is 29.1 Å². The predicted octanol–water partition coefficient (Wildman–Crippen LogP) is 4.02. The smallest absolute Gasteiger partial charge is 0.234 e. The molecule has 0 unspecified atom stereocenters. The number of aromatic nitrogens is 2. The molecule has 0 fully saturated rings. The summed E-state index contributed by atoms with van der Waals surface area (Å²) in [5.74, 6) is -0.0471. The molecule has 0 bridgehead atoms. The predicted molar refractivity (Wildman–Crippen MR) is 109 cm³/mol. The van der Waals surface area contributed by atoms with Gasteiger partial charge in [0, 0.05) is 15.6 Å². The Labute approximate surface area is 168 Å². The van der Waals surface area contributed by atoms with Crippen LogP contribution in [0.4, 0.5) is 0 Å². The molecule has 27 heavy (non-hydrogen) atoms. The number of benzene rings is 2. The van der Waals surface area contributed by atoms with Gasteiger partial charge in [-0.05, 0) is 56.6 Å². The number of rotatable bonds is 6. The van der Waals surface area contributed by atoms with E-state index < -0.39 is 0 Å². The summed E-state index contributed by atoms with van der Waals surface area (Å²) in [6.07, 6.45) is 0. The largest absolute Gasteiger partial charge is 0.349 e. The molecule has 1 heterocycles. The van der Waals surface area contributed by atoms with Crippen LogP contribution in [0.5, 0.6) is 0 Å². The maximum atomic E-state index is 11.9. The Morgan fingerprint density at radius 1 is 1.04 bits per heavy atom. The molecule has 0 aliphatic heterocycles. The molecule has 3 rings (SSSR count). The zero-order chi connectivity index (χ0) is 19.4. The van der Waals surface area contributed by atoms with E-state index >= 15 is 0 Å². The van der Waals surface area contributed by atoms with E-state index in [1.165, 1.54) is 0 Å². The summed E-state index contributed by atoms with van der Waals surface area (Å²) in [7, 11) is 3.71. The molecule has 0 aliphatic carbocycles. The quantitative estimate of drug-likeness (QED) is 0.676. The Morgan fingerprint density at radius 2 is 1.63 bits per heavy atom. The van der Waals surface area contributed by atoms with Crippen LogP contribution in [-0.4, -0.2) is 41.2 Å². The second-order valence-electron chi connectivity index (χ2n) is 6.43. The molecular weight excluding hydrogens is 383 g/mol. The van der Waals surface area contributed by atoms with Gasteiger partial charge in [0.05, 0.1) is 30.2 Å². The van der Waals surface area contributed by atoms with E-state index in [9.17, 15) is 4.79 Å². The van der Waals surface area contributed by atoms with Crippen molar-refractivity contribution in [2.75, 3.05) is 20.6 Å². The minimum atomic E-state index is -0.0471. The van der Waals surface area contributed by atoms with E-state index in [-0.39, 0.29) is 5.91 Å². The first kappa shape index (κ1) is 19.4. The van der Waals surface area contributed by atoms with Gasteiger partial charge in [-0.2, -0.15) is 5.10 Å². The maximum absolute atomic E-state index is 11.9. The van der Waals surface area contributed by atoms with E-state index in [0.29, 0.717) is 23.1 Å². The number of nitrogens with one attached hydrogen (secondary N) is 1. The second kappa shape index (κ2) is 8.57. The van der Waals surface area contributed by atoms with Crippen LogP contribution in [0.15, 0.2) is 54.6 Å². The van der Waals surface area contributed by atoms with Crippen LogP contribution in [0.1, 0.15) is 5.69 Å². The topological polar surface area (TPSA) is 50.2 Å². The molecule has 3 aromatic rings. The number of amides is 1. The lowest BCUT2D eigenvalue weighted by atomic mass is 10.1.